The van der Waals surface area contributed by atoms with Crippen LogP contribution in [0.5, 0.6) is 0 Å². The molecule has 1 atom stereocenters. The maximum Gasteiger partial charge on any atom is 0.329 e. The zero-order valence-corrected chi connectivity index (χ0v) is 15.4. The Kier molecular flexibility index (Phi) is 5.84. The molecule has 2 aromatic rings. The third-order valence-electron chi connectivity index (χ3n) is 4.48. The Bertz CT molecular complexity index is 875. The van der Waals surface area contributed by atoms with E-state index in [1.54, 1.807) is 12.1 Å². The molecule has 3 rings (SSSR count). The molecule has 3 amide bonds. The molecule has 0 saturated heterocycles. The van der Waals surface area contributed by atoms with Crippen molar-refractivity contribution < 1.29 is 23.9 Å². The van der Waals surface area contributed by atoms with Crippen molar-refractivity contribution in [2.24, 2.45) is 0 Å². The van der Waals surface area contributed by atoms with Gasteiger partial charge in [-0.3, -0.25) is 19.3 Å². The molecule has 0 saturated carbocycles. The van der Waals surface area contributed by atoms with Gasteiger partial charge in [0.25, 0.3) is 17.7 Å². The number of carbonyl (C=O) groups is 4. The fourth-order valence-corrected chi connectivity index (χ4v) is 2.96. The number of fused-ring (bicyclic) bond motifs is 1. The highest BCUT2D eigenvalue weighted by Gasteiger charge is 2.41. The van der Waals surface area contributed by atoms with Crippen LogP contribution in [0.25, 0.3) is 0 Å². The number of benzene rings is 2. The summed E-state index contributed by atoms with van der Waals surface area (Å²) in [6.07, 6.45) is 0.659. The molecule has 0 aromatic heterocycles. The van der Waals surface area contributed by atoms with E-state index in [0.29, 0.717) is 13.0 Å². The van der Waals surface area contributed by atoms with E-state index >= 15 is 0 Å². The SMILES string of the molecule is C[C@@H](C(=O)OCC(=O)NCCc1ccccc1)N1C(=O)c2ccccc2C1=O. The second kappa shape index (κ2) is 8.47. The number of nitrogens with one attached hydrogen (secondary N) is 1. The molecule has 0 aliphatic carbocycles. The molecule has 1 aliphatic rings. The van der Waals surface area contributed by atoms with Crippen LogP contribution in [0.2, 0.25) is 0 Å². The van der Waals surface area contributed by atoms with Gasteiger partial charge in [0.1, 0.15) is 6.04 Å². The first kappa shape index (κ1) is 19.3. The molecule has 28 heavy (non-hydrogen) atoms. The number of hydrogen-bond acceptors (Lipinski definition) is 5. The Morgan fingerprint density at radius 1 is 0.964 bits per heavy atom. The lowest BCUT2D eigenvalue weighted by atomic mass is 10.1. The van der Waals surface area contributed by atoms with E-state index in [2.05, 4.69) is 5.32 Å². The number of hydrogen-bond donors (Lipinski definition) is 1. The highest BCUT2D eigenvalue weighted by molar-refractivity contribution is 6.22. The number of amides is 3. The number of esters is 1. The molecule has 0 fully saturated rings. The molecule has 2 aromatic carbocycles. The Hall–Kier alpha value is -3.48. The topological polar surface area (TPSA) is 92.8 Å². The molecule has 1 heterocycles. The van der Waals surface area contributed by atoms with Crippen molar-refractivity contribution in [1.82, 2.24) is 10.2 Å². The molecule has 0 bridgehead atoms. The zero-order valence-electron chi connectivity index (χ0n) is 15.4. The van der Waals surface area contributed by atoms with E-state index in [1.807, 2.05) is 30.3 Å². The summed E-state index contributed by atoms with van der Waals surface area (Å²) >= 11 is 0. The number of ether oxygens (including phenoxy) is 1. The largest absolute Gasteiger partial charge is 0.454 e. The van der Waals surface area contributed by atoms with E-state index in [1.165, 1.54) is 19.1 Å². The van der Waals surface area contributed by atoms with Crippen LogP contribution < -0.4 is 5.32 Å². The molecule has 0 radical (unpaired) electrons. The first-order chi connectivity index (χ1) is 13.5. The van der Waals surface area contributed by atoms with Gasteiger partial charge in [-0.15, -0.1) is 0 Å². The molecule has 7 nitrogen and oxygen atoms in total. The molecular weight excluding hydrogens is 360 g/mol. The minimum absolute atomic E-state index is 0.255. The van der Waals surface area contributed by atoms with Gasteiger partial charge in [0.05, 0.1) is 11.1 Å². The van der Waals surface area contributed by atoms with Crippen LogP contribution in [0, 0.1) is 0 Å². The fourth-order valence-electron chi connectivity index (χ4n) is 2.96. The van der Waals surface area contributed by atoms with Gasteiger partial charge in [-0.1, -0.05) is 42.5 Å². The average Bonchev–Trinajstić information content (AvgIpc) is 2.97. The molecule has 1 aliphatic heterocycles. The third kappa shape index (κ3) is 4.09. The minimum atomic E-state index is -1.12. The molecule has 0 unspecified atom stereocenters. The van der Waals surface area contributed by atoms with Gasteiger partial charge >= 0.3 is 5.97 Å². The van der Waals surface area contributed by atoms with E-state index < -0.39 is 36.3 Å². The lowest BCUT2D eigenvalue weighted by Crippen LogP contribution is -2.44. The number of imide groups is 1. The van der Waals surface area contributed by atoms with Gasteiger partial charge in [-0.2, -0.15) is 0 Å². The zero-order chi connectivity index (χ0) is 20.1. The van der Waals surface area contributed by atoms with Gasteiger partial charge in [-0.25, -0.2) is 4.79 Å². The van der Waals surface area contributed by atoms with Gasteiger partial charge in [0.2, 0.25) is 0 Å². The van der Waals surface area contributed by atoms with Gasteiger partial charge in [-0.05, 0) is 31.0 Å². The number of nitrogens with zero attached hydrogens (tertiary/aromatic N) is 1. The van der Waals surface area contributed by atoms with Crippen LogP contribution >= 0.6 is 0 Å². The minimum Gasteiger partial charge on any atom is -0.454 e. The van der Waals surface area contributed by atoms with Crippen molar-refractivity contribution in [3.63, 3.8) is 0 Å². The van der Waals surface area contributed by atoms with Crippen LogP contribution in [0.15, 0.2) is 54.6 Å². The summed E-state index contributed by atoms with van der Waals surface area (Å²) in [6, 6.07) is 14.9. The first-order valence-corrected chi connectivity index (χ1v) is 8.93. The van der Waals surface area contributed by atoms with Crippen molar-refractivity contribution in [2.45, 2.75) is 19.4 Å². The maximum absolute atomic E-state index is 12.4. The quantitative estimate of drug-likeness (QED) is 0.581. The predicted octanol–water partition coefficient (Wildman–Crippen LogP) is 1.57. The Labute approximate surface area is 162 Å². The molecule has 1 N–H and O–H groups in total. The first-order valence-electron chi connectivity index (χ1n) is 8.93. The Morgan fingerprint density at radius 2 is 1.54 bits per heavy atom. The van der Waals surface area contributed by atoms with Crippen molar-refractivity contribution in [3.8, 4) is 0 Å². The van der Waals surface area contributed by atoms with Gasteiger partial charge in [0, 0.05) is 6.54 Å². The van der Waals surface area contributed by atoms with Crippen molar-refractivity contribution >= 4 is 23.7 Å². The summed E-state index contributed by atoms with van der Waals surface area (Å²) in [5.41, 5.74) is 1.59. The summed E-state index contributed by atoms with van der Waals surface area (Å²) in [4.78, 5) is 49.7. The van der Waals surface area contributed by atoms with Crippen molar-refractivity contribution in [1.29, 1.82) is 0 Å². The van der Waals surface area contributed by atoms with Crippen LogP contribution in [0.3, 0.4) is 0 Å². The van der Waals surface area contributed by atoms with E-state index in [9.17, 15) is 19.2 Å². The van der Waals surface area contributed by atoms with Gasteiger partial charge in [0.15, 0.2) is 6.61 Å². The summed E-state index contributed by atoms with van der Waals surface area (Å²) in [5, 5.41) is 2.66. The normalized spacial score (nSPS) is 13.8. The second-order valence-corrected chi connectivity index (χ2v) is 6.40. The lowest BCUT2D eigenvalue weighted by molar-refractivity contribution is -0.151. The summed E-state index contributed by atoms with van der Waals surface area (Å²) in [5.74, 6) is -2.35. The fraction of sp³-hybridized carbons (Fsp3) is 0.238. The van der Waals surface area contributed by atoms with Gasteiger partial charge < -0.3 is 10.1 Å². The van der Waals surface area contributed by atoms with E-state index in [-0.39, 0.29) is 11.1 Å². The second-order valence-electron chi connectivity index (χ2n) is 6.40. The summed E-state index contributed by atoms with van der Waals surface area (Å²) in [7, 11) is 0. The molecule has 7 heteroatoms. The molecular formula is C21H20N2O5. The third-order valence-corrected chi connectivity index (χ3v) is 4.48. The van der Waals surface area contributed by atoms with Crippen molar-refractivity contribution in [2.75, 3.05) is 13.2 Å². The van der Waals surface area contributed by atoms with Crippen LogP contribution in [-0.2, 0) is 20.7 Å². The standard InChI is InChI=1S/C21H20N2O5/c1-14(23-19(25)16-9-5-6-10-17(16)20(23)26)21(27)28-13-18(24)22-12-11-15-7-3-2-4-8-15/h2-10,14H,11-13H2,1H3,(H,22,24)/t14-/m0/s1. The molecule has 0 spiro atoms. The van der Waals surface area contributed by atoms with Crippen LogP contribution in [-0.4, -0.2) is 47.8 Å². The Balaban J connectivity index is 1.48. The monoisotopic (exact) mass is 380 g/mol. The summed E-state index contributed by atoms with van der Waals surface area (Å²) in [6.45, 7) is 1.34. The molecule has 144 valence electrons. The number of carbonyl (C=O) groups excluding carboxylic acids is 4. The maximum atomic E-state index is 12.4. The predicted molar refractivity (Wildman–Crippen MR) is 101 cm³/mol. The van der Waals surface area contributed by atoms with Crippen LogP contribution in [0.4, 0.5) is 0 Å². The Morgan fingerprint density at radius 3 is 2.14 bits per heavy atom. The van der Waals surface area contributed by atoms with E-state index in [0.717, 1.165) is 10.5 Å². The van der Waals surface area contributed by atoms with Crippen LogP contribution in [0.1, 0.15) is 33.2 Å². The number of rotatable bonds is 7. The highest BCUT2D eigenvalue weighted by atomic mass is 16.5. The highest BCUT2D eigenvalue weighted by Crippen LogP contribution is 2.24. The average molecular weight is 380 g/mol. The lowest BCUT2D eigenvalue weighted by Gasteiger charge is -2.20. The van der Waals surface area contributed by atoms with Crippen molar-refractivity contribution in [3.05, 3.63) is 71.3 Å². The van der Waals surface area contributed by atoms with E-state index in [4.69, 9.17) is 4.74 Å². The smallest absolute Gasteiger partial charge is 0.329 e. The summed E-state index contributed by atoms with van der Waals surface area (Å²) < 4.78 is 4.98.